The molecule has 0 aromatic rings. The van der Waals surface area contributed by atoms with Crippen molar-refractivity contribution in [3.8, 4) is 0 Å². The molecule has 0 aromatic heterocycles. The van der Waals surface area contributed by atoms with E-state index in [1.165, 1.54) is 0 Å². The second-order valence-electron chi connectivity index (χ2n) is 7.60. The molecule has 0 saturated carbocycles. The molecule has 0 aliphatic heterocycles. The summed E-state index contributed by atoms with van der Waals surface area (Å²) in [5.41, 5.74) is -0.466. The summed E-state index contributed by atoms with van der Waals surface area (Å²) in [6.45, 7) is 15.5. The van der Waals surface area contributed by atoms with Crippen LogP contribution in [0.15, 0.2) is 4.99 Å². The van der Waals surface area contributed by atoms with Crippen molar-refractivity contribution in [1.29, 1.82) is 0 Å². The van der Waals surface area contributed by atoms with Crippen molar-refractivity contribution in [1.82, 2.24) is 15.5 Å². The maximum Gasteiger partial charge on any atom is 0.410 e. The molecule has 6 heteroatoms. The first kappa shape index (κ1) is 21.5. The van der Waals surface area contributed by atoms with Crippen molar-refractivity contribution in [2.45, 2.75) is 60.1 Å². The predicted molar refractivity (Wildman–Crippen MR) is 96.8 cm³/mol. The van der Waals surface area contributed by atoms with E-state index in [1.807, 2.05) is 20.8 Å². The summed E-state index contributed by atoms with van der Waals surface area (Å²) in [6.07, 6.45) is -0.291. The van der Waals surface area contributed by atoms with Crippen molar-refractivity contribution in [3.63, 3.8) is 0 Å². The molecule has 0 heterocycles. The van der Waals surface area contributed by atoms with E-state index in [1.54, 1.807) is 19.0 Å². The molecule has 6 nitrogen and oxygen atoms in total. The minimum absolute atomic E-state index is 0.278. The van der Waals surface area contributed by atoms with Gasteiger partial charge in [0.05, 0.1) is 0 Å². The lowest BCUT2D eigenvalue weighted by Gasteiger charge is -2.27. The van der Waals surface area contributed by atoms with Gasteiger partial charge in [0.25, 0.3) is 0 Å². The highest BCUT2D eigenvalue weighted by Crippen LogP contribution is 2.10. The van der Waals surface area contributed by atoms with Crippen LogP contribution in [0.1, 0.15) is 48.5 Å². The van der Waals surface area contributed by atoms with Gasteiger partial charge in [0, 0.05) is 33.2 Å². The first-order valence-corrected chi connectivity index (χ1v) is 8.37. The minimum Gasteiger partial charge on any atom is -0.444 e. The van der Waals surface area contributed by atoms with Gasteiger partial charge in [-0.25, -0.2) is 4.79 Å². The highest BCUT2D eigenvalue weighted by atomic mass is 16.6. The first-order valence-electron chi connectivity index (χ1n) is 8.37. The molecule has 1 amide bonds. The molecular formula is C17H36N4O2. The van der Waals surface area contributed by atoms with E-state index in [0.717, 1.165) is 12.5 Å². The average Bonchev–Trinajstić information content (AvgIpc) is 2.40. The Kier molecular flexibility index (Phi) is 9.02. The van der Waals surface area contributed by atoms with Crippen LogP contribution in [0.5, 0.6) is 0 Å². The fourth-order valence-corrected chi connectivity index (χ4v) is 1.79. The van der Waals surface area contributed by atoms with Crippen molar-refractivity contribution >= 4 is 12.1 Å². The number of amides is 1. The van der Waals surface area contributed by atoms with Gasteiger partial charge in [0.2, 0.25) is 0 Å². The molecule has 136 valence electrons. The van der Waals surface area contributed by atoms with Crippen molar-refractivity contribution in [2.75, 3.05) is 27.2 Å². The number of aliphatic imine (C=N–C) groups is 1. The Labute approximate surface area is 142 Å². The maximum atomic E-state index is 12.0. The van der Waals surface area contributed by atoms with Gasteiger partial charge in [0.1, 0.15) is 5.60 Å². The Morgan fingerprint density at radius 1 is 1.22 bits per heavy atom. The van der Waals surface area contributed by atoms with Gasteiger partial charge in [-0.3, -0.25) is 4.99 Å². The van der Waals surface area contributed by atoms with E-state index < -0.39 is 5.60 Å². The third-order valence-corrected chi connectivity index (χ3v) is 3.50. The SMILES string of the molecule is CN=C(NCC(C)CN(C)C(=O)OC(C)(C)C)NC(C)C(C)C. The summed E-state index contributed by atoms with van der Waals surface area (Å²) >= 11 is 0. The fraction of sp³-hybridized carbons (Fsp3) is 0.882. The summed E-state index contributed by atoms with van der Waals surface area (Å²) in [4.78, 5) is 17.8. The lowest BCUT2D eigenvalue weighted by atomic mass is 10.1. The third-order valence-electron chi connectivity index (χ3n) is 3.50. The Morgan fingerprint density at radius 2 is 1.78 bits per heavy atom. The Bertz CT molecular complexity index is 389. The molecular weight excluding hydrogens is 292 g/mol. The predicted octanol–water partition coefficient (Wildman–Crippen LogP) is 2.70. The van der Waals surface area contributed by atoms with Crippen LogP contribution in [-0.2, 0) is 4.74 Å². The molecule has 0 fully saturated rings. The molecule has 0 aliphatic carbocycles. The number of guanidine groups is 1. The van der Waals surface area contributed by atoms with Crippen LogP contribution in [0.2, 0.25) is 0 Å². The molecule has 2 unspecified atom stereocenters. The standard InChI is InChI=1S/C17H36N4O2/c1-12(2)14(4)20-15(18-8)19-10-13(3)11-21(9)16(22)23-17(5,6)7/h12-14H,10-11H2,1-9H3,(H2,18,19,20). The number of nitrogens with zero attached hydrogens (tertiary/aromatic N) is 2. The van der Waals surface area contributed by atoms with Gasteiger partial charge in [-0.15, -0.1) is 0 Å². The van der Waals surface area contributed by atoms with Crippen LogP contribution in [0.4, 0.5) is 4.79 Å². The molecule has 0 saturated heterocycles. The van der Waals surface area contributed by atoms with Gasteiger partial charge in [-0.2, -0.15) is 0 Å². The molecule has 0 radical (unpaired) electrons. The number of rotatable bonds is 6. The second-order valence-corrected chi connectivity index (χ2v) is 7.60. The van der Waals surface area contributed by atoms with Crippen LogP contribution in [0.25, 0.3) is 0 Å². The lowest BCUT2D eigenvalue weighted by Crippen LogP contribution is -2.46. The normalized spacial score (nSPS) is 15.1. The lowest BCUT2D eigenvalue weighted by molar-refractivity contribution is 0.0278. The van der Waals surface area contributed by atoms with E-state index in [-0.39, 0.29) is 12.0 Å². The van der Waals surface area contributed by atoms with E-state index in [2.05, 4.69) is 43.3 Å². The van der Waals surface area contributed by atoms with Crippen LogP contribution in [0.3, 0.4) is 0 Å². The van der Waals surface area contributed by atoms with Crippen LogP contribution >= 0.6 is 0 Å². The Morgan fingerprint density at radius 3 is 2.22 bits per heavy atom. The molecule has 2 atom stereocenters. The number of hydrogen-bond acceptors (Lipinski definition) is 3. The van der Waals surface area contributed by atoms with Gasteiger partial charge >= 0.3 is 6.09 Å². The molecule has 0 aromatic carbocycles. The number of carbonyl (C=O) groups is 1. The van der Waals surface area contributed by atoms with Crippen LogP contribution in [-0.4, -0.2) is 55.8 Å². The van der Waals surface area contributed by atoms with E-state index >= 15 is 0 Å². The topological polar surface area (TPSA) is 66.0 Å². The highest BCUT2D eigenvalue weighted by molar-refractivity contribution is 5.79. The molecule has 23 heavy (non-hydrogen) atoms. The van der Waals surface area contributed by atoms with Crippen molar-refractivity contribution in [3.05, 3.63) is 0 Å². The van der Waals surface area contributed by atoms with Crippen molar-refractivity contribution < 1.29 is 9.53 Å². The van der Waals surface area contributed by atoms with Crippen LogP contribution in [0, 0.1) is 11.8 Å². The van der Waals surface area contributed by atoms with E-state index in [9.17, 15) is 4.79 Å². The minimum atomic E-state index is -0.466. The summed E-state index contributed by atoms with van der Waals surface area (Å²) in [5, 5.41) is 6.67. The monoisotopic (exact) mass is 328 g/mol. The second kappa shape index (κ2) is 9.63. The highest BCUT2D eigenvalue weighted by Gasteiger charge is 2.20. The Hall–Kier alpha value is -1.46. The molecule has 2 N–H and O–H groups in total. The van der Waals surface area contributed by atoms with Gasteiger partial charge < -0.3 is 20.3 Å². The zero-order chi connectivity index (χ0) is 18.2. The molecule has 0 aliphatic rings. The van der Waals surface area contributed by atoms with E-state index in [4.69, 9.17) is 4.74 Å². The summed E-state index contributed by atoms with van der Waals surface area (Å²) < 4.78 is 5.36. The molecule has 0 rings (SSSR count). The van der Waals surface area contributed by atoms with Gasteiger partial charge in [0.15, 0.2) is 5.96 Å². The number of ether oxygens (including phenoxy) is 1. The van der Waals surface area contributed by atoms with Gasteiger partial charge in [-0.1, -0.05) is 20.8 Å². The average molecular weight is 329 g/mol. The molecule has 0 spiro atoms. The smallest absolute Gasteiger partial charge is 0.410 e. The largest absolute Gasteiger partial charge is 0.444 e. The number of nitrogens with one attached hydrogen (secondary N) is 2. The van der Waals surface area contributed by atoms with E-state index in [0.29, 0.717) is 18.5 Å². The summed E-state index contributed by atoms with van der Waals surface area (Å²) in [6, 6.07) is 0.348. The van der Waals surface area contributed by atoms with Gasteiger partial charge in [-0.05, 0) is 39.5 Å². The summed E-state index contributed by atoms with van der Waals surface area (Å²) in [5.74, 6) is 1.60. The fourth-order valence-electron chi connectivity index (χ4n) is 1.79. The number of carbonyl (C=O) groups excluding carboxylic acids is 1. The summed E-state index contributed by atoms with van der Waals surface area (Å²) in [7, 11) is 3.53. The van der Waals surface area contributed by atoms with Crippen molar-refractivity contribution in [2.24, 2.45) is 16.8 Å². The quantitative estimate of drug-likeness (QED) is 0.581. The zero-order valence-electron chi connectivity index (χ0n) is 16.4. The van der Waals surface area contributed by atoms with Crippen LogP contribution < -0.4 is 10.6 Å². The maximum absolute atomic E-state index is 12.0. The molecule has 0 bridgehead atoms. The first-order chi connectivity index (χ1) is 10.5. The Balaban J connectivity index is 4.28. The third kappa shape index (κ3) is 10.0. The number of hydrogen-bond donors (Lipinski definition) is 2. The zero-order valence-corrected chi connectivity index (χ0v) is 16.4.